The number of carbonyl (C=O) groups excluding carboxylic acids is 1. The average molecular weight is 508 g/mol. The van der Waals surface area contributed by atoms with Crippen LogP contribution < -0.4 is 9.54 Å². The molecule has 0 unspecified atom stereocenters. The Morgan fingerprint density at radius 2 is 1.74 bits per heavy atom. The van der Waals surface area contributed by atoms with Crippen molar-refractivity contribution in [2.24, 2.45) is 12.0 Å². The zero-order chi connectivity index (χ0) is 24.7. The number of nitrogens with zero attached hydrogens (tertiary/aromatic N) is 3. The molecule has 4 aromatic rings. The van der Waals surface area contributed by atoms with Gasteiger partial charge in [0.15, 0.2) is 4.80 Å². The van der Waals surface area contributed by atoms with Crippen molar-refractivity contribution < 1.29 is 17.9 Å². The number of sulfonamides is 1. The first-order chi connectivity index (χ1) is 16.8. The van der Waals surface area contributed by atoms with Crippen LogP contribution in [0.15, 0.2) is 70.6 Å². The fourth-order valence-corrected chi connectivity index (χ4v) is 6.88. The minimum atomic E-state index is -3.67. The number of aryl methyl sites for hydroxylation is 2. The van der Waals surface area contributed by atoms with Gasteiger partial charge in [-0.3, -0.25) is 4.79 Å². The van der Waals surface area contributed by atoms with Gasteiger partial charge in [-0.25, -0.2) is 8.42 Å². The van der Waals surface area contributed by atoms with E-state index in [4.69, 9.17) is 4.74 Å². The SMILES string of the molecule is COc1ccc(C)c2sc(=NC(=O)c3ccc(S(=O)(=O)N4CCc5ccccc5C4)cc3)n(C)c12. The van der Waals surface area contributed by atoms with Crippen LogP contribution in [0.3, 0.4) is 0 Å². The third-order valence-corrected chi connectivity index (χ3v) is 9.49. The van der Waals surface area contributed by atoms with E-state index >= 15 is 0 Å². The number of amides is 1. The molecule has 0 radical (unpaired) electrons. The standard InChI is InChI=1S/C26H25N3O4S2/c1-17-8-13-22(33-3)23-24(17)34-26(28(23)2)27-25(30)19-9-11-21(12-10-19)35(31,32)29-15-14-18-6-4-5-7-20(18)16-29/h4-13H,14-16H2,1-3H3. The molecular weight excluding hydrogens is 482 g/mol. The number of hydrogen-bond donors (Lipinski definition) is 0. The Bertz CT molecular complexity index is 1620. The van der Waals surface area contributed by atoms with Crippen LogP contribution in [0.4, 0.5) is 0 Å². The highest BCUT2D eigenvalue weighted by molar-refractivity contribution is 7.89. The summed E-state index contributed by atoms with van der Waals surface area (Å²) in [4.78, 5) is 17.9. The summed E-state index contributed by atoms with van der Waals surface area (Å²) in [7, 11) is -0.207. The molecule has 5 rings (SSSR count). The highest BCUT2D eigenvalue weighted by Gasteiger charge is 2.28. The van der Waals surface area contributed by atoms with Gasteiger partial charge in [0.05, 0.1) is 16.7 Å². The topological polar surface area (TPSA) is 81.0 Å². The van der Waals surface area contributed by atoms with E-state index in [1.165, 1.54) is 45.5 Å². The first-order valence-corrected chi connectivity index (χ1v) is 13.4. The fourth-order valence-electron chi connectivity index (χ4n) is 4.36. The maximum Gasteiger partial charge on any atom is 0.279 e. The molecule has 0 spiro atoms. The fraction of sp³-hybridized carbons (Fsp3) is 0.231. The van der Waals surface area contributed by atoms with Crippen LogP contribution >= 0.6 is 11.3 Å². The van der Waals surface area contributed by atoms with E-state index in [0.29, 0.717) is 35.6 Å². The maximum absolute atomic E-state index is 13.2. The molecule has 1 aromatic heterocycles. The highest BCUT2D eigenvalue weighted by Crippen LogP contribution is 2.30. The Balaban J connectivity index is 1.42. The van der Waals surface area contributed by atoms with Crippen LogP contribution in [0.5, 0.6) is 5.75 Å². The third-order valence-electron chi connectivity index (χ3n) is 6.36. The summed E-state index contributed by atoms with van der Waals surface area (Å²) in [6.07, 6.45) is 0.682. The van der Waals surface area contributed by atoms with Gasteiger partial charge in [-0.1, -0.05) is 41.7 Å². The van der Waals surface area contributed by atoms with Crippen LogP contribution in [0.25, 0.3) is 10.2 Å². The maximum atomic E-state index is 13.2. The molecule has 9 heteroatoms. The quantitative estimate of drug-likeness (QED) is 0.418. The third kappa shape index (κ3) is 4.20. The molecule has 180 valence electrons. The van der Waals surface area contributed by atoms with Crippen LogP contribution in [-0.4, -0.2) is 36.9 Å². The van der Waals surface area contributed by atoms with Crippen molar-refractivity contribution >= 4 is 37.5 Å². The summed E-state index contributed by atoms with van der Waals surface area (Å²) >= 11 is 1.42. The Hall–Kier alpha value is -3.27. The molecule has 0 saturated carbocycles. The van der Waals surface area contributed by atoms with Crippen molar-refractivity contribution in [2.75, 3.05) is 13.7 Å². The number of benzene rings is 3. The van der Waals surface area contributed by atoms with Crippen molar-refractivity contribution in [3.05, 3.63) is 87.7 Å². The second-order valence-corrected chi connectivity index (χ2v) is 11.4. The molecule has 0 bridgehead atoms. The number of hydrogen-bond acceptors (Lipinski definition) is 5. The summed E-state index contributed by atoms with van der Waals surface area (Å²) in [6.45, 7) is 2.78. The van der Waals surface area contributed by atoms with Gasteiger partial charge >= 0.3 is 0 Å². The zero-order valence-corrected chi connectivity index (χ0v) is 21.3. The summed E-state index contributed by atoms with van der Waals surface area (Å²) in [6, 6.07) is 17.8. The van der Waals surface area contributed by atoms with Gasteiger partial charge in [-0.05, 0) is 60.4 Å². The number of fused-ring (bicyclic) bond motifs is 2. The number of thiazole rings is 1. The Kier molecular flexibility index (Phi) is 6.08. The first-order valence-electron chi connectivity index (χ1n) is 11.2. The zero-order valence-electron chi connectivity index (χ0n) is 19.7. The van der Waals surface area contributed by atoms with Crippen LogP contribution in [0, 0.1) is 6.92 Å². The second-order valence-electron chi connectivity index (χ2n) is 8.50. The summed E-state index contributed by atoms with van der Waals surface area (Å²) in [5.74, 6) is 0.285. The van der Waals surface area contributed by atoms with Gasteiger partial charge in [0, 0.05) is 25.7 Å². The van der Waals surface area contributed by atoms with E-state index in [-0.39, 0.29) is 4.90 Å². The number of rotatable bonds is 4. The minimum Gasteiger partial charge on any atom is -0.495 e. The van der Waals surface area contributed by atoms with E-state index in [9.17, 15) is 13.2 Å². The van der Waals surface area contributed by atoms with E-state index in [2.05, 4.69) is 4.99 Å². The van der Waals surface area contributed by atoms with Gasteiger partial charge in [0.1, 0.15) is 11.3 Å². The molecule has 1 amide bonds. The monoisotopic (exact) mass is 507 g/mol. The van der Waals surface area contributed by atoms with Crippen molar-refractivity contribution in [3.63, 3.8) is 0 Å². The van der Waals surface area contributed by atoms with Gasteiger partial charge in [0.25, 0.3) is 5.91 Å². The molecule has 1 aliphatic rings. The largest absolute Gasteiger partial charge is 0.495 e. The lowest BCUT2D eigenvalue weighted by atomic mass is 10.0. The van der Waals surface area contributed by atoms with E-state index in [1.54, 1.807) is 7.11 Å². The lowest BCUT2D eigenvalue weighted by Gasteiger charge is -2.28. The van der Waals surface area contributed by atoms with Gasteiger partial charge in [0.2, 0.25) is 10.0 Å². The Labute approximate surface area is 208 Å². The molecule has 3 aromatic carbocycles. The number of ether oxygens (including phenoxy) is 1. The summed E-state index contributed by atoms with van der Waals surface area (Å²) in [5, 5.41) is 0. The van der Waals surface area contributed by atoms with Crippen LogP contribution in [0.1, 0.15) is 27.0 Å². The van der Waals surface area contributed by atoms with Crippen molar-refractivity contribution in [2.45, 2.75) is 24.8 Å². The van der Waals surface area contributed by atoms with Crippen molar-refractivity contribution in [3.8, 4) is 5.75 Å². The number of aromatic nitrogens is 1. The number of methoxy groups -OCH3 is 1. The van der Waals surface area contributed by atoms with Crippen molar-refractivity contribution in [1.29, 1.82) is 0 Å². The molecule has 0 aliphatic carbocycles. The van der Waals surface area contributed by atoms with Gasteiger partial charge < -0.3 is 9.30 Å². The molecule has 2 heterocycles. The molecule has 0 N–H and O–H groups in total. The Morgan fingerprint density at radius 3 is 2.46 bits per heavy atom. The lowest BCUT2D eigenvalue weighted by molar-refractivity contribution is 0.0998. The second kappa shape index (κ2) is 9.07. The van der Waals surface area contributed by atoms with Crippen molar-refractivity contribution in [1.82, 2.24) is 8.87 Å². The normalized spacial score (nSPS) is 14.8. The minimum absolute atomic E-state index is 0.168. The lowest BCUT2D eigenvalue weighted by Crippen LogP contribution is -2.35. The van der Waals surface area contributed by atoms with Gasteiger partial charge in [-0.15, -0.1) is 0 Å². The predicted molar refractivity (Wildman–Crippen MR) is 136 cm³/mol. The molecule has 1 aliphatic heterocycles. The molecule has 35 heavy (non-hydrogen) atoms. The molecule has 7 nitrogen and oxygen atoms in total. The molecule has 0 atom stereocenters. The van der Waals surface area contributed by atoms with Gasteiger partial charge in [-0.2, -0.15) is 9.30 Å². The van der Waals surface area contributed by atoms with E-state index < -0.39 is 15.9 Å². The van der Waals surface area contributed by atoms with Crippen LogP contribution in [0.2, 0.25) is 0 Å². The number of carbonyl (C=O) groups is 1. The molecular formula is C26H25N3O4S2. The summed E-state index contributed by atoms with van der Waals surface area (Å²) in [5.41, 5.74) is 4.49. The van der Waals surface area contributed by atoms with E-state index in [1.807, 2.05) is 54.9 Å². The Morgan fingerprint density at radius 1 is 1.03 bits per heavy atom. The van der Waals surface area contributed by atoms with E-state index in [0.717, 1.165) is 21.3 Å². The molecule has 0 fully saturated rings. The molecule has 0 saturated heterocycles. The average Bonchev–Trinajstić information content (AvgIpc) is 3.21. The van der Waals surface area contributed by atoms with Crippen LogP contribution in [-0.2, 0) is 30.0 Å². The predicted octanol–water partition coefficient (Wildman–Crippen LogP) is 4.04. The smallest absolute Gasteiger partial charge is 0.279 e. The first kappa shape index (κ1) is 23.5. The highest BCUT2D eigenvalue weighted by atomic mass is 32.2. The summed E-state index contributed by atoms with van der Waals surface area (Å²) < 4.78 is 36.2.